The smallest absolute Gasteiger partial charge is 0.00922 e. The molecule has 1 N–H and O–H groups in total. The van der Waals surface area contributed by atoms with Crippen LogP contribution in [0.5, 0.6) is 0 Å². The van der Waals surface area contributed by atoms with Gasteiger partial charge in [-0.25, -0.2) is 0 Å². The summed E-state index contributed by atoms with van der Waals surface area (Å²) in [6.45, 7) is 5.94. The van der Waals surface area contributed by atoms with Gasteiger partial charge >= 0.3 is 0 Å². The van der Waals surface area contributed by atoms with E-state index in [0.717, 1.165) is 6.04 Å². The van der Waals surface area contributed by atoms with Gasteiger partial charge in [0.15, 0.2) is 0 Å². The lowest BCUT2D eigenvalue weighted by Gasteiger charge is -2.31. The molecule has 1 fully saturated rings. The highest BCUT2D eigenvalue weighted by atomic mass is 15.1. The summed E-state index contributed by atoms with van der Waals surface area (Å²) in [5, 5.41) is 3.48. The highest BCUT2D eigenvalue weighted by Crippen LogP contribution is 2.21. The molecule has 1 aliphatic rings. The first kappa shape index (κ1) is 16.0. The third-order valence-electron chi connectivity index (χ3n) is 4.24. The van der Waals surface area contributed by atoms with E-state index in [0.29, 0.717) is 0 Å². The zero-order valence-electron chi connectivity index (χ0n) is 12.7. The number of nitrogens with zero attached hydrogens (tertiary/aromatic N) is 1. The molecule has 0 saturated heterocycles. The molecule has 18 heavy (non-hydrogen) atoms. The lowest BCUT2D eigenvalue weighted by Crippen LogP contribution is -2.34. The Morgan fingerprint density at radius 2 is 1.67 bits per heavy atom. The largest absolute Gasteiger partial charge is 0.317 e. The van der Waals surface area contributed by atoms with E-state index in [1.807, 2.05) is 0 Å². The van der Waals surface area contributed by atoms with E-state index in [4.69, 9.17) is 0 Å². The molecule has 1 rings (SSSR count). The Kier molecular flexibility index (Phi) is 9.59. The van der Waals surface area contributed by atoms with E-state index in [1.165, 1.54) is 83.8 Å². The van der Waals surface area contributed by atoms with Crippen LogP contribution in [-0.2, 0) is 0 Å². The predicted octanol–water partition coefficient (Wildman–Crippen LogP) is 3.81. The van der Waals surface area contributed by atoms with Gasteiger partial charge in [-0.2, -0.15) is 0 Å². The van der Waals surface area contributed by atoms with E-state index < -0.39 is 0 Å². The molecule has 0 atom stereocenters. The van der Waals surface area contributed by atoms with Crippen molar-refractivity contribution in [3.63, 3.8) is 0 Å². The molecule has 0 bridgehead atoms. The maximum atomic E-state index is 3.48. The van der Waals surface area contributed by atoms with Crippen LogP contribution < -0.4 is 5.32 Å². The number of unbranched alkanes of at least 4 members (excludes halogenated alkanes) is 3. The zero-order valence-corrected chi connectivity index (χ0v) is 12.7. The highest BCUT2D eigenvalue weighted by Gasteiger charge is 2.16. The summed E-state index contributed by atoms with van der Waals surface area (Å²) >= 11 is 0. The minimum Gasteiger partial charge on any atom is -0.317 e. The Morgan fingerprint density at radius 3 is 2.39 bits per heavy atom. The van der Waals surface area contributed by atoms with Gasteiger partial charge in [-0.15, -0.1) is 0 Å². The van der Waals surface area contributed by atoms with Crippen LogP contribution in [0.1, 0.15) is 71.1 Å². The van der Waals surface area contributed by atoms with Gasteiger partial charge in [0.1, 0.15) is 0 Å². The van der Waals surface area contributed by atoms with Crippen LogP contribution in [0.25, 0.3) is 0 Å². The maximum absolute atomic E-state index is 3.48. The molecule has 0 aromatic rings. The molecule has 0 spiro atoms. The molecule has 0 aromatic carbocycles. The first-order valence-electron chi connectivity index (χ1n) is 8.25. The third-order valence-corrected chi connectivity index (χ3v) is 4.24. The molecule has 1 aliphatic carbocycles. The number of hydrogen-bond acceptors (Lipinski definition) is 2. The van der Waals surface area contributed by atoms with Crippen molar-refractivity contribution in [3.8, 4) is 0 Å². The Hall–Kier alpha value is -0.0800. The molecule has 108 valence electrons. The van der Waals surface area contributed by atoms with Crippen LogP contribution in [0.4, 0.5) is 0 Å². The molecule has 1 saturated carbocycles. The fourth-order valence-corrected chi connectivity index (χ4v) is 2.97. The highest BCUT2D eigenvalue weighted by molar-refractivity contribution is 4.73. The molecule has 0 unspecified atom stereocenters. The second-order valence-electron chi connectivity index (χ2n) is 5.94. The number of nitrogens with one attached hydrogen (secondary N) is 1. The summed E-state index contributed by atoms with van der Waals surface area (Å²) in [6, 6.07) is 0.893. The third kappa shape index (κ3) is 7.38. The van der Waals surface area contributed by atoms with Crippen molar-refractivity contribution in [3.05, 3.63) is 0 Å². The maximum Gasteiger partial charge on any atom is 0.00922 e. The second kappa shape index (κ2) is 10.8. The first-order valence-corrected chi connectivity index (χ1v) is 8.25. The average Bonchev–Trinajstić information content (AvgIpc) is 2.42. The topological polar surface area (TPSA) is 15.3 Å². The lowest BCUT2D eigenvalue weighted by molar-refractivity contribution is 0.188. The van der Waals surface area contributed by atoms with Crippen LogP contribution >= 0.6 is 0 Å². The Labute approximate surface area is 115 Å². The average molecular weight is 254 g/mol. The summed E-state index contributed by atoms with van der Waals surface area (Å²) in [4.78, 5) is 2.62. The van der Waals surface area contributed by atoms with Gasteiger partial charge in [0.25, 0.3) is 0 Å². The van der Waals surface area contributed by atoms with Crippen LogP contribution in [0.3, 0.4) is 0 Å². The summed E-state index contributed by atoms with van der Waals surface area (Å²) < 4.78 is 0. The summed E-state index contributed by atoms with van der Waals surface area (Å²) in [5.41, 5.74) is 0. The molecular formula is C16H34N2. The van der Waals surface area contributed by atoms with Gasteiger partial charge in [0.05, 0.1) is 0 Å². The van der Waals surface area contributed by atoms with E-state index >= 15 is 0 Å². The van der Waals surface area contributed by atoms with E-state index in [2.05, 4.69) is 24.2 Å². The Balaban J connectivity index is 1.87. The molecule has 0 amide bonds. The van der Waals surface area contributed by atoms with Crippen molar-refractivity contribution in [2.75, 3.05) is 26.7 Å². The minimum atomic E-state index is 0.893. The van der Waals surface area contributed by atoms with Gasteiger partial charge in [-0.3, -0.25) is 0 Å². The Bertz CT molecular complexity index is 176. The Morgan fingerprint density at radius 1 is 0.944 bits per heavy atom. The molecule has 0 radical (unpaired) electrons. The second-order valence-corrected chi connectivity index (χ2v) is 5.94. The fourth-order valence-electron chi connectivity index (χ4n) is 2.97. The van der Waals surface area contributed by atoms with Crippen molar-refractivity contribution in [2.24, 2.45) is 0 Å². The summed E-state index contributed by atoms with van der Waals surface area (Å²) in [7, 11) is 2.33. The monoisotopic (exact) mass is 254 g/mol. The van der Waals surface area contributed by atoms with Crippen LogP contribution in [0.2, 0.25) is 0 Å². The number of hydrogen-bond donors (Lipinski definition) is 1. The van der Waals surface area contributed by atoms with Crippen molar-refractivity contribution in [1.82, 2.24) is 10.2 Å². The van der Waals surface area contributed by atoms with E-state index in [-0.39, 0.29) is 0 Å². The standard InChI is InChI=1S/C16H34N2/c1-3-13-17-14-9-4-5-10-15-18(2)16-11-7-6-8-12-16/h16-17H,3-15H2,1-2H3. The van der Waals surface area contributed by atoms with Gasteiger partial charge in [-0.1, -0.05) is 39.0 Å². The minimum absolute atomic E-state index is 0.893. The van der Waals surface area contributed by atoms with Gasteiger partial charge in [-0.05, 0) is 58.8 Å². The van der Waals surface area contributed by atoms with Crippen LogP contribution in [-0.4, -0.2) is 37.6 Å². The van der Waals surface area contributed by atoms with Crippen molar-refractivity contribution >= 4 is 0 Å². The van der Waals surface area contributed by atoms with Crippen LogP contribution in [0, 0.1) is 0 Å². The summed E-state index contributed by atoms with van der Waals surface area (Å²) in [5.74, 6) is 0. The fraction of sp³-hybridized carbons (Fsp3) is 1.00. The van der Waals surface area contributed by atoms with Gasteiger partial charge < -0.3 is 10.2 Å². The molecule has 2 nitrogen and oxygen atoms in total. The molecule has 0 aromatic heterocycles. The normalized spacial score (nSPS) is 17.5. The quantitative estimate of drug-likeness (QED) is 0.596. The zero-order chi connectivity index (χ0) is 13.1. The van der Waals surface area contributed by atoms with Gasteiger partial charge in [0.2, 0.25) is 0 Å². The first-order chi connectivity index (χ1) is 8.84. The molecule has 2 heteroatoms. The lowest BCUT2D eigenvalue weighted by atomic mass is 9.94. The molecule has 0 heterocycles. The number of rotatable bonds is 10. The SMILES string of the molecule is CCCNCCCCCCN(C)C1CCCCC1. The van der Waals surface area contributed by atoms with E-state index in [1.54, 1.807) is 0 Å². The molecular weight excluding hydrogens is 220 g/mol. The van der Waals surface area contributed by atoms with E-state index in [9.17, 15) is 0 Å². The van der Waals surface area contributed by atoms with Crippen molar-refractivity contribution < 1.29 is 0 Å². The van der Waals surface area contributed by atoms with Crippen molar-refractivity contribution in [2.45, 2.75) is 77.2 Å². The molecule has 0 aliphatic heterocycles. The summed E-state index contributed by atoms with van der Waals surface area (Å²) in [6.07, 6.45) is 14.1. The van der Waals surface area contributed by atoms with Crippen LogP contribution in [0.15, 0.2) is 0 Å². The van der Waals surface area contributed by atoms with Gasteiger partial charge in [0, 0.05) is 6.04 Å². The predicted molar refractivity (Wildman–Crippen MR) is 81.1 cm³/mol. The van der Waals surface area contributed by atoms with Crippen molar-refractivity contribution in [1.29, 1.82) is 0 Å².